The van der Waals surface area contributed by atoms with E-state index >= 15 is 0 Å². The molecule has 0 aliphatic carbocycles. The van der Waals surface area contributed by atoms with Gasteiger partial charge >= 0.3 is 0 Å². The zero-order valence-corrected chi connectivity index (χ0v) is 9.69. The molecule has 1 amide bonds. The van der Waals surface area contributed by atoms with Crippen LogP contribution in [0.15, 0.2) is 6.20 Å². The Hall–Kier alpha value is -1.52. The minimum atomic E-state index is -0.0573. The Morgan fingerprint density at radius 1 is 1.67 bits per heavy atom. The maximum absolute atomic E-state index is 12.0. The van der Waals surface area contributed by atoms with Gasteiger partial charge in [-0.05, 0) is 20.8 Å². The molecule has 0 atom stereocenters. The van der Waals surface area contributed by atoms with Gasteiger partial charge in [-0.2, -0.15) is 5.10 Å². The largest absolute Gasteiger partial charge is 0.383 e. The Morgan fingerprint density at radius 3 is 2.60 bits per heavy atom. The minimum absolute atomic E-state index is 0.0573. The first kappa shape index (κ1) is 11.6. The molecule has 15 heavy (non-hydrogen) atoms. The fourth-order valence-corrected chi connectivity index (χ4v) is 1.51. The lowest BCUT2D eigenvalue weighted by Crippen LogP contribution is -2.36. The van der Waals surface area contributed by atoms with Crippen LogP contribution in [0.25, 0.3) is 0 Å². The van der Waals surface area contributed by atoms with E-state index in [1.165, 1.54) is 10.9 Å². The summed E-state index contributed by atoms with van der Waals surface area (Å²) in [5.74, 6) is 0.359. The van der Waals surface area contributed by atoms with Gasteiger partial charge in [0.25, 0.3) is 5.91 Å². The SMILES string of the molecule is CCN(C(=O)c1cnn(C)c1N)C(C)C. The number of carbonyl (C=O) groups excluding carboxylic acids is 1. The van der Waals surface area contributed by atoms with Gasteiger partial charge in [-0.1, -0.05) is 0 Å². The first-order chi connectivity index (χ1) is 6.99. The van der Waals surface area contributed by atoms with Crippen molar-refractivity contribution in [1.29, 1.82) is 0 Å². The van der Waals surface area contributed by atoms with Gasteiger partial charge < -0.3 is 10.6 Å². The molecule has 84 valence electrons. The predicted molar refractivity (Wildman–Crippen MR) is 59.5 cm³/mol. The van der Waals surface area contributed by atoms with Crippen molar-refractivity contribution in [2.24, 2.45) is 7.05 Å². The van der Waals surface area contributed by atoms with Gasteiger partial charge in [0.15, 0.2) is 0 Å². The third kappa shape index (κ3) is 2.11. The van der Waals surface area contributed by atoms with Gasteiger partial charge in [0, 0.05) is 19.6 Å². The van der Waals surface area contributed by atoms with E-state index in [9.17, 15) is 4.79 Å². The molecule has 0 saturated carbocycles. The van der Waals surface area contributed by atoms with Crippen LogP contribution in [-0.4, -0.2) is 33.2 Å². The summed E-state index contributed by atoms with van der Waals surface area (Å²) in [6.45, 7) is 6.58. The van der Waals surface area contributed by atoms with E-state index in [4.69, 9.17) is 5.73 Å². The van der Waals surface area contributed by atoms with Crippen LogP contribution in [0.1, 0.15) is 31.1 Å². The number of hydrogen-bond donors (Lipinski definition) is 1. The van der Waals surface area contributed by atoms with Gasteiger partial charge in [0.2, 0.25) is 0 Å². The standard InChI is InChI=1S/C10H18N4O/c1-5-14(7(2)3)10(15)8-6-12-13(4)9(8)11/h6-7H,5,11H2,1-4H3. The highest BCUT2D eigenvalue weighted by Crippen LogP contribution is 2.14. The molecule has 1 heterocycles. The first-order valence-electron chi connectivity index (χ1n) is 5.07. The van der Waals surface area contributed by atoms with Crippen molar-refractivity contribution in [2.45, 2.75) is 26.8 Å². The van der Waals surface area contributed by atoms with Crippen molar-refractivity contribution < 1.29 is 4.79 Å². The molecule has 0 unspecified atom stereocenters. The third-order valence-electron chi connectivity index (χ3n) is 2.44. The summed E-state index contributed by atoms with van der Waals surface area (Å²) >= 11 is 0. The van der Waals surface area contributed by atoms with Crippen LogP contribution in [0.2, 0.25) is 0 Å². The molecule has 0 bridgehead atoms. The van der Waals surface area contributed by atoms with Crippen LogP contribution < -0.4 is 5.73 Å². The lowest BCUT2D eigenvalue weighted by atomic mass is 10.2. The Morgan fingerprint density at radius 2 is 2.27 bits per heavy atom. The van der Waals surface area contributed by atoms with Gasteiger partial charge in [0.05, 0.1) is 6.20 Å². The Bertz CT molecular complexity index is 356. The molecule has 0 spiro atoms. The van der Waals surface area contributed by atoms with E-state index in [0.29, 0.717) is 17.9 Å². The maximum atomic E-state index is 12.0. The van der Waals surface area contributed by atoms with E-state index < -0.39 is 0 Å². The molecule has 2 N–H and O–H groups in total. The Balaban J connectivity index is 2.98. The molecule has 0 aliphatic rings. The monoisotopic (exact) mass is 210 g/mol. The summed E-state index contributed by atoms with van der Waals surface area (Å²) < 4.78 is 1.50. The molecule has 1 rings (SSSR count). The lowest BCUT2D eigenvalue weighted by molar-refractivity contribution is 0.0718. The average molecular weight is 210 g/mol. The van der Waals surface area contributed by atoms with Gasteiger partial charge in [-0.25, -0.2) is 0 Å². The van der Waals surface area contributed by atoms with Crippen molar-refractivity contribution >= 4 is 11.7 Å². The van der Waals surface area contributed by atoms with Crippen molar-refractivity contribution in [1.82, 2.24) is 14.7 Å². The van der Waals surface area contributed by atoms with E-state index in [2.05, 4.69) is 5.10 Å². The molecule has 0 radical (unpaired) electrons. The van der Waals surface area contributed by atoms with Crippen molar-refractivity contribution in [3.63, 3.8) is 0 Å². The smallest absolute Gasteiger partial charge is 0.259 e. The zero-order chi connectivity index (χ0) is 11.6. The summed E-state index contributed by atoms with van der Waals surface area (Å²) in [5, 5.41) is 3.96. The summed E-state index contributed by atoms with van der Waals surface area (Å²) in [6, 6.07) is 0.169. The lowest BCUT2D eigenvalue weighted by Gasteiger charge is -2.24. The second kappa shape index (κ2) is 4.33. The second-order valence-electron chi connectivity index (χ2n) is 3.75. The fraction of sp³-hybridized carbons (Fsp3) is 0.600. The molecule has 1 aromatic heterocycles. The number of nitrogen functional groups attached to an aromatic ring is 1. The molecular weight excluding hydrogens is 192 g/mol. The Kier molecular flexibility index (Phi) is 3.34. The van der Waals surface area contributed by atoms with Crippen LogP contribution in [0.5, 0.6) is 0 Å². The number of nitrogens with two attached hydrogens (primary N) is 1. The van der Waals surface area contributed by atoms with Crippen LogP contribution in [0, 0.1) is 0 Å². The Labute approximate surface area is 89.9 Å². The normalized spacial score (nSPS) is 10.7. The number of rotatable bonds is 3. The van der Waals surface area contributed by atoms with E-state index in [1.807, 2.05) is 20.8 Å². The molecular formula is C10H18N4O. The maximum Gasteiger partial charge on any atom is 0.259 e. The third-order valence-corrected chi connectivity index (χ3v) is 2.44. The van der Waals surface area contributed by atoms with Crippen molar-refractivity contribution in [3.8, 4) is 0 Å². The molecule has 0 saturated heterocycles. The highest BCUT2D eigenvalue weighted by atomic mass is 16.2. The minimum Gasteiger partial charge on any atom is -0.383 e. The van der Waals surface area contributed by atoms with Crippen LogP contribution in [0.4, 0.5) is 5.82 Å². The van der Waals surface area contributed by atoms with Gasteiger partial charge in [-0.15, -0.1) is 0 Å². The number of nitrogens with zero attached hydrogens (tertiary/aromatic N) is 3. The van der Waals surface area contributed by atoms with Crippen LogP contribution in [0.3, 0.4) is 0 Å². The number of carbonyl (C=O) groups is 1. The number of amides is 1. The highest BCUT2D eigenvalue weighted by Gasteiger charge is 2.21. The fourth-order valence-electron chi connectivity index (χ4n) is 1.51. The predicted octanol–water partition coefficient (Wildman–Crippen LogP) is 0.873. The van der Waals surface area contributed by atoms with Crippen LogP contribution in [-0.2, 0) is 7.05 Å². The molecule has 0 fully saturated rings. The molecule has 5 nitrogen and oxygen atoms in total. The number of aromatic nitrogens is 2. The topological polar surface area (TPSA) is 64.2 Å². The van der Waals surface area contributed by atoms with Gasteiger partial charge in [0.1, 0.15) is 11.4 Å². The van der Waals surface area contributed by atoms with Gasteiger partial charge in [-0.3, -0.25) is 9.48 Å². The quantitative estimate of drug-likeness (QED) is 0.805. The van der Waals surface area contributed by atoms with Crippen molar-refractivity contribution in [2.75, 3.05) is 12.3 Å². The molecule has 0 aliphatic heterocycles. The summed E-state index contributed by atoms with van der Waals surface area (Å²) in [4.78, 5) is 13.8. The van der Waals surface area contributed by atoms with E-state index in [1.54, 1.807) is 11.9 Å². The number of aryl methyl sites for hydroxylation is 1. The second-order valence-corrected chi connectivity index (χ2v) is 3.75. The molecule has 0 aromatic carbocycles. The highest BCUT2D eigenvalue weighted by molar-refractivity contribution is 5.98. The van der Waals surface area contributed by atoms with Crippen LogP contribution >= 0.6 is 0 Å². The number of anilines is 1. The summed E-state index contributed by atoms with van der Waals surface area (Å²) in [6.07, 6.45) is 1.52. The summed E-state index contributed by atoms with van der Waals surface area (Å²) in [5.41, 5.74) is 6.23. The summed E-state index contributed by atoms with van der Waals surface area (Å²) in [7, 11) is 1.72. The van der Waals surface area contributed by atoms with Crippen molar-refractivity contribution in [3.05, 3.63) is 11.8 Å². The van der Waals surface area contributed by atoms with E-state index in [-0.39, 0.29) is 11.9 Å². The first-order valence-corrected chi connectivity index (χ1v) is 5.07. The molecule has 5 heteroatoms. The average Bonchev–Trinajstić information content (AvgIpc) is 2.48. The zero-order valence-electron chi connectivity index (χ0n) is 9.69. The van der Waals surface area contributed by atoms with E-state index in [0.717, 1.165) is 0 Å². The number of hydrogen-bond acceptors (Lipinski definition) is 3. The molecule has 1 aromatic rings.